The van der Waals surface area contributed by atoms with Crippen molar-refractivity contribution in [3.05, 3.63) is 54.5 Å². The minimum Gasteiger partial charge on any atom is -0.490 e. The highest BCUT2D eigenvalue weighted by Crippen LogP contribution is 2.37. The number of likely N-dealkylation sites (N-methyl/N-ethyl adjacent to an activating group) is 1. The van der Waals surface area contributed by atoms with Crippen LogP contribution in [-0.2, 0) is 4.74 Å². The lowest BCUT2D eigenvalue weighted by Gasteiger charge is -2.24. The summed E-state index contributed by atoms with van der Waals surface area (Å²) in [5, 5.41) is 0.955. The Labute approximate surface area is 174 Å². The van der Waals surface area contributed by atoms with E-state index in [2.05, 4.69) is 4.98 Å². The van der Waals surface area contributed by atoms with Crippen molar-refractivity contribution in [2.24, 2.45) is 0 Å². The molecule has 0 aliphatic heterocycles. The first kappa shape index (κ1) is 21.0. The van der Waals surface area contributed by atoms with Gasteiger partial charge in [-0.15, -0.1) is 0 Å². The number of nitrogens with one attached hydrogen (secondary N) is 1. The standard InChI is InChI=1S/C22H25FN2O3S/c1-22(2,3)28-21(26)25(4)12-13-27-17-10-7-8-15-19(14-24-20(15)17)29-18-11-6-5-9-16(18)23/h5-11,14,24H,12-13H2,1-4H3. The Morgan fingerprint density at radius 3 is 2.62 bits per heavy atom. The minimum atomic E-state index is -0.533. The van der Waals surface area contributed by atoms with Crippen LogP contribution in [0.4, 0.5) is 9.18 Å². The lowest BCUT2D eigenvalue weighted by atomic mass is 10.2. The Bertz CT molecular complexity index is 997. The number of halogens is 1. The molecule has 0 saturated carbocycles. The summed E-state index contributed by atoms with van der Waals surface area (Å²) in [6.07, 6.45) is 1.46. The quantitative estimate of drug-likeness (QED) is 0.560. The number of para-hydroxylation sites is 1. The Balaban J connectivity index is 1.66. The number of fused-ring (bicyclic) bond motifs is 1. The fourth-order valence-electron chi connectivity index (χ4n) is 2.68. The zero-order valence-corrected chi connectivity index (χ0v) is 17.8. The number of aromatic nitrogens is 1. The number of hydrogen-bond donors (Lipinski definition) is 1. The number of benzene rings is 2. The molecule has 29 heavy (non-hydrogen) atoms. The summed E-state index contributed by atoms with van der Waals surface area (Å²) in [4.78, 5) is 18.2. The number of carbonyl (C=O) groups is 1. The molecule has 1 heterocycles. The van der Waals surface area contributed by atoms with Gasteiger partial charge < -0.3 is 19.4 Å². The van der Waals surface area contributed by atoms with Gasteiger partial charge in [-0.1, -0.05) is 36.0 Å². The predicted molar refractivity (Wildman–Crippen MR) is 113 cm³/mol. The highest BCUT2D eigenvalue weighted by Gasteiger charge is 2.19. The van der Waals surface area contributed by atoms with Crippen LogP contribution in [0.1, 0.15) is 20.8 Å². The average molecular weight is 417 g/mol. The largest absolute Gasteiger partial charge is 0.490 e. The number of nitrogens with zero attached hydrogens (tertiary/aromatic N) is 1. The van der Waals surface area contributed by atoms with Crippen molar-refractivity contribution >= 4 is 28.8 Å². The van der Waals surface area contributed by atoms with E-state index in [0.717, 1.165) is 15.8 Å². The van der Waals surface area contributed by atoms with E-state index in [1.54, 1.807) is 19.2 Å². The van der Waals surface area contributed by atoms with Crippen LogP contribution in [0, 0.1) is 5.82 Å². The van der Waals surface area contributed by atoms with E-state index in [4.69, 9.17) is 9.47 Å². The van der Waals surface area contributed by atoms with Crippen LogP contribution >= 0.6 is 11.8 Å². The molecule has 0 bridgehead atoms. The summed E-state index contributed by atoms with van der Waals surface area (Å²) in [5.41, 5.74) is 0.306. The molecule has 0 radical (unpaired) electrons. The maximum Gasteiger partial charge on any atom is 0.410 e. The summed E-state index contributed by atoms with van der Waals surface area (Å²) in [6, 6.07) is 12.4. The van der Waals surface area contributed by atoms with E-state index in [0.29, 0.717) is 23.8 Å². The van der Waals surface area contributed by atoms with E-state index in [1.165, 1.54) is 22.7 Å². The summed E-state index contributed by atoms with van der Waals surface area (Å²) in [5.74, 6) is 0.435. The van der Waals surface area contributed by atoms with Crippen LogP contribution in [-0.4, -0.2) is 41.8 Å². The molecule has 2 aromatic carbocycles. The van der Waals surface area contributed by atoms with Gasteiger partial charge in [0, 0.05) is 28.4 Å². The summed E-state index contributed by atoms with van der Waals surface area (Å²) < 4.78 is 25.2. The molecule has 1 aromatic heterocycles. The van der Waals surface area contributed by atoms with E-state index in [-0.39, 0.29) is 11.9 Å². The number of aromatic amines is 1. The monoisotopic (exact) mass is 416 g/mol. The molecule has 0 aliphatic rings. The van der Waals surface area contributed by atoms with Gasteiger partial charge >= 0.3 is 6.09 Å². The van der Waals surface area contributed by atoms with Crippen molar-refractivity contribution in [1.29, 1.82) is 0 Å². The normalized spacial score (nSPS) is 11.5. The number of rotatable bonds is 6. The molecule has 154 valence electrons. The summed E-state index contributed by atoms with van der Waals surface area (Å²) >= 11 is 1.37. The topological polar surface area (TPSA) is 54.6 Å². The molecule has 1 amide bonds. The van der Waals surface area contributed by atoms with Crippen LogP contribution in [0.2, 0.25) is 0 Å². The third-order valence-electron chi connectivity index (χ3n) is 4.09. The van der Waals surface area contributed by atoms with Gasteiger partial charge in [0.15, 0.2) is 0 Å². The van der Waals surface area contributed by atoms with Gasteiger partial charge in [-0.25, -0.2) is 9.18 Å². The van der Waals surface area contributed by atoms with E-state index in [1.807, 2.05) is 51.2 Å². The van der Waals surface area contributed by atoms with Crippen LogP contribution in [0.5, 0.6) is 5.75 Å². The van der Waals surface area contributed by atoms with Gasteiger partial charge in [0.1, 0.15) is 23.8 Å². The lowest BCUT2D eigenvalue weighted by Crippen LogP contribution is -2.36. The molecule has 3 aromatic rings. The lowest BCUT2D eigenvalue weighted by molar-refractivity contribution is 0.0278. The molecule has 0 unspecified atom stereocenters. The second-order valence-corrected chi connectivity index (χ2v) is 8.70. The second kappa shape index (κ2) is 8.78. The van der Waals surface area contributed by atoms with E-state index < -0.39 is 5.60 Å². The smallest absolute Gasteiger partial charge is 0.410 e. The number of hydrogen-bond acceptors (Lipinski definition) is 4. The van der Waals surface area contributed by atoms with Crippen molar-refractivity contribution in [2.45, 2.75) is 36.2 Å². The zero-order chi connectivity index (χ0) is 21.0. The highest BCUT2D eigenvalue weighted by atomic mass is 32.2. The van der Waals surface area contributed by atoms with Crippen LogP contribution < -0.4 is 4.74 Å². The van der Waals surface area contributed by atoms with E-state index >= 15 is 0 Å². The Morgan fingerprint density at radius 1 is 1.14 bits per heavy atom. The van der Waals surface area contributed by atoms with Crippen LogP contribution in [0.15, 0.2) is 58.5 Å². The fraction of sp³-hybridized carbons (Fsp3) is 0.318. The Kier molecular flexibility index (Phi) is 6.37. The summed E-state index contributed by atoms with van der Waals surface area (Å²) in [7, 11) is 1.68. The van der Waals surface area contributed by atoms with E-state index in [9.17, 15) is 9.18 Å². The van der Waals surface area contributed by atoms with Crippen molar-refractivity contribution in [2.75, 3.05) is 20.2 Å². The van der Waals surface area contributed by atoms with Crippen LogP contribution in [0.25, 0.3) is 10.9 Å². The third-order valence-corrected chi connectivity index (χ3v) is 5.19. The molecule has 1 N–H and O–H groups in total. The third kappa shape index (κ3) is 5.44. The van der Waals surface area contributed by atoms with Gasteiger partial charge in [0.25, 0.3) is 0 Å². The fourth-order valence-corrected chi connectivity index (χ4v) is 3.62. The molecular formula is C22H25FN2O3S. The second-order valence-electron chi connectivity index (χ2n) is 7.61. The molecule has 3 rings (SSSR count). The maximum atomic E-state index is 14.0. The molecule has 0 aliphatic carbocycles. The first-order chi connectivity index (χ1) is 13.7. The van der Waals surface area contributed by atoms with Crippen LogP contribution in [0.3, 0.4) is 0 Å². The SMILES string of the molecule is CN(CCOc1cccc2c(Sc3ccccc3F)c[nH]c12)C(=O)OC(C)(C)C. The van der Waals surface area contributed by atoms with Crippen molar-refractivity contribution in [3.8, 4) is 5.75 Å². The molecular weight excluding hydrogens is 391 g/mol. The van der Waals surface area contributed by atoms with Gasteiger partial charge in [0.05, 0.1) is 12.1 Å². The first-order valence-electron chi connectivity index (χ1n) is 9.34. The number of H-pyrrole nitrogens is 1. The molecule has 0 spiro atoms. The van der Waals surface area contributed by atoms with Crippen molar-refractivity contribution in [1.82, 2.24) is 9.88 Å². The molecule has 5 nitrogen and oxygen atoms in total. The predicted octanol–water partition coefficient (Wildman–Crippen LogP) is 5.70. The Hall–Kier alpha value is -2.67. The minimum absolute atomic E-state index is 0.246. The van der Waals surface area contributed by atoms with Gasteiger partial charge in [-0.2, -0.15) is 0 Å². The zero-order valence-electron chi connectivity index (χ0n) is 17.0. The average Bonchev–Trinajstić information content (AvgIpc) is 3.06. The van der Waals surface area contributed by atoms with Crippen molar-refractivity contribution in [3.63, 3.8) is 0 Å². The molecule has 7 heteroatoms. The van der Waals surface area contributed by atoms with Gasteiger partial charge in [0.2, 0.25) is 0 Å². The first-order valence-corrected chi connectivity index (χ1v) is 10.2. The van der Waals surface area contributed by atoms with Gasteiger partial charge in [-0.05, 0) is 39.0 Å². The number of amides is 1. The molecule has 0 fully saturated rings. The Morgan fingerprint density at radius 2 is 1.90 bits per heavy atom. The van der Waals surface area contributed by atoms with Crippen molar-refractivity contribution < 1.29 is 18.7 Å². The maximum absolute atomic E-state index is 14.0. The number of ether oxygens (including phenoxy) is 2. The van der Waals surface area contributed by atoms with Gasteiger partial charge in [-0.3, -0.25) is 0 Å². The number of carbonyl (C=O) groups excluding carboxylic acids is 1. The molecule has 0 saturated heterocycles. The highest BCUT2D eigenvalue weighted by molar-refractivity contribution is 7.99. The summed E-state index contributed by atoms with van der Waals surface area (Å²) in [6.45, 7) is 6.21. The molecule has 0 atom stereocenters.